The summed E-state index contributed by atoms with van der Waals surface area (Å²) in [5, 5.41) is 10.0. The van der Waals surface area contributed by atoms with E-state index in [1.165, 1.54) is 5.56 Å². The molecule has 2 aromatic heterocycles. The Morgan fingerprint density at radius 2 is 2.04 bits per heavy atom. The summed E-state index contributed by atoms with van der Waals surface area (Å²) in [6.45, 7) is 2.15. The number of carbonyl (C=O) groups is 1. The highest BCUT2D eigenvalue weighted by atomic mass is 32.2. The number of hydrogen-bond acceptors (Lipinski definition) is 5. The maximum absolute atomic E-state index is 12.3. The number of thioether (sulfide) groups is 1. The van der Waals surface area contributed by atoms with E-state index >= 15 is 0 Å². The minimum absolute atomic E-state index is 0.127. The number of amides is 1. The predicted molar refractivity (Wildman–Crippen MR) is 103 cm³/mol. The maximum atomic E-state index is 12.3. The van der Waals surface area contributed by atoms with Crippen LogP contribution in [0.1, 0.15) is 36.6 Å². The zero-order chi connectivity index (χ0) is 18.4. The van der Waals surface area contributed by atoms with Gasteiger partial charge in [-0.25, -0.2) is 4.98 Å². The number of rotatable bonds is 7. The Bertz CT molecular complexity index is 699. The van der Waals surface area contributed by atoms with Crippen molar-refractivity contribution in [3.05, 3.63) is 48.3 Å². The van der Waals surface area contributed by atoms with Crippen LogP contribution in [0, 0.1) is 0 Å². The number of aliphatic hydroxyl groups excluding tert-OH is 1. The third-order valence-electron chi connectivity index (χ3n) is 4.90. The number of aromatic nitrogens is 3. The first-order valence-corrected chi connectivity index (χ1v) is 10.4. The molecular weight excluding hydrogens is 348 g/mol. The summed E-state index contributed by atoms with van der Waals surface area (Å²) in [5.74, 6) is 2.10. The Balaban J connectivity index is 1.57. The lowest BCUT2D eigenvalue weighted by Crippen LogP contribution is -2.44. The van der Waals surface area contributed by atoms with Crippen LogP contribution in [0.2, 0.25) is 0 Å². The largest absolute Gasteiger partial charge is 0.383 e. The minimum Gasteiger partial charge on any atom is -0.383 e. The number of piperidine rings is 1. The number of aliphatic hydroxyl groups is 1. The Kier molecular flexibility index (Phi) is 6.68. The van der Waals surface area contributed by atoms with Gasteiger partial charge in [-0.05, 0) is 49.0 Å². The van der Waals surface area contributed by atoms with Crippen LogP contribution in [0.15, 0.2) is 36.9 Å². The molecule has 7 heteroatoms. The summed E-state index contributed by atoms with van der Waals surface area (Å²) in [6, 6.07) is 4.03. The first kappa shape index (κ1) is 18.9. The normalized spacial score (nSPS) is 16.6. The Morgan fingerprint density at radius 3 is 2.73 bits per heavy atom. The van der Waals surface area contributed by atoms with Crippen LogP contribution in [0.5, 0.6) is 0 Å². The quantitative estimate of drug-likeness (QED) is 0.804. The molecule has 0 saturated carbocycles. The Hall–Kier alpha value is -1.86. The van der Waals surface area contributed by atoms with Crippen molar-refractivity contribution >= 4 is 17.7 Å². The molecule has 0 bridgehead atoms. The van der Waals surface area contributed by atoms with Crippen LogP contribution in [0.25, 0.3) is 0 Å². The van der Waals surface area contributed by atoms with Gasteiger partial charge in [0.25, 0.3) is 5.91 Å². The molecule has 2 aromatic rings. The lowest BCUT2D eigenvalue weighted by atomic mass is 9.95. The second kappa shape index (κ2) is 9.19. The van der Waals surface area contributed by atoms with Crippen LogP contribution in [-0.4, -0.2) is 61.7 Å². The van der Waals surface area contributed by atoms with Crippen molar-refractivity contribution in [3.8, 4) is 0 Å². The Labute approximate surface area is 158 Å². The molecule has 0 aromatic carbocycles. The molecule has 1 atom stereocenters. The Morgan fingerprint density at radius 1 is 1.31 bits per heavy atom. The maximum Gasteiger partial charge on any atom is 0.251 e. The van der Waals surface area contributed by atoms with Crippen molar-refractivity contribution in [2.75, 3.05) is 25.1 Å². The van der Waals surface area contributed by atoms with Gasteiger partial charge in [-0.3, -0.25) is 9.78 Å². The standard InChI is InChI=1S/C19H26N4O2S/c1-26-13-6-17(24)19(25)22-10-4-16(5-11-22)18-21-9-12-23(18)14-15-2-7-20-8-3-15/h2-3,7-9,12,16-17,24H,4-6,10-11,13-14H2,1H3/t17-/m0/s1. The molecule has 1 saturated heterocycles. The van der Waals surface area contributed by atoms with Gasteiger partial charge in [-0.1, -0.05) is 0 Å². The van der Waals surface area contributed by atoms with E-state index in [0.717, 1.165) is 31.0 Å². The molecule has 0 spiro atoms. The average Bonchev–Trinajstić information content (AvgIpc) is 3.14. The molecule has 1 aliphatic rings. The van der Waals surface area contributed by atoms with E-state index in [1.807, 2.05) is 30.8 Å². The van der Waals surface area contributed by atoms with Crippen LogP contribution in [0.3, 0.4) is 0 Å². The van der Waals surface area contributed by atoms with Gasteiger partial charge in [0.1, 0.15) is 11.9 Å². The van der Waals surface area contributed by atoms with E-state index in [9.17, 15) is 9.90 Å². The molecule has 0 aliphatic carbocycles. The van der Waals surface area contributed by atoms with Gasteiger partial charge in [0, 0.05) is 50.3 Å². The van der Waals surface area contributed by atoms with Gasteiger partial charge in [0.05, 0.1) is 0 Å². The van der Waals surface area contributed by atoms with Crippen molar-refractivity contribution in [2.24, 2.45) is 0 Å². The summed E-state index contributed by atoms with van der Waals surface area (Å²) in [5.41, 5.74) is 1.20. The summed E-state index contributed by atoms with van der Waals surface area (Å²) in [7, 11) is 0. The fraction of sp³-hybridized carbons (Fsp3) is 0.526. The van der Waals surface area contributed by atoms with Gasteiger partial charge in [-0.2, -0.15) is 11.8 Å². The number of hydrogen-bond donors (Lipinski definition) is 1. The molecule has 3 rings (SSSR count). The van der Waals surface area contributed by atoms with Gasteiger partial charge in [0.2, 0.25) is 0 Å². The van der Waals surface area contributed by atoms with Gasteiger partial charge in [-0.15, -0.1) is 0 Å². The number of carbonyl (C=O) groups excluding carboxylic acids is 1. The smallest absolute Gasteiger partial charge is 0.251 e. The second-order valence-corrected chi connectivity index (χ2v) is 7.65. The molecule has 0 unspecified atom stereocenters. The summed E-state index contributed by atoms with van der Waals surface area (Å²) >= 11 is 1.65. The van der Waals surface area contributed by atoms with Crippen molar-refractivity contribution in [1.82, 2.24) is 19.4 Å². The zero-order valence-corrected chi connectivity index (χ0v) is 15.9. The lowest BCUT2D eigenvalue weighted by Gasteiger charge is -2.33. The highest BCUT2D eigenvalue weighted by Gasteiger charge is 2.29. The third kappa shape index (κ3) is 4.65. The van der Waals surface area contributed by atoms with Crippen molar-refractivity contribution < 1.29 is 9.90 Å². The number of nitrogens with zero attached hydrogens (tertiary/aromatic N) is 4. The first-order chi connectivity index (χ1) is 12.7. The van der Waals surface area contributed by atoms with Gasteiger partial charge < -0.3 is 14.6 Å². The van der Waals surface area contributed by atoms with E-state index in [4.69, 9.17) is 0 Å². The van der Waals surface area contributed by atoms with Gasteiger partial charge >= 0.3 is 0 Å². The highest BCUT2D eigenvalue weighted by Crippen LogP contribution is 2.27. The molecule has 6 nitrogen and oxygen atoms in total. The molecule has 1 aliphatic heterocycles. The average molecular weight is 375 g/mol. The first-order valence-electron chi connectivity index (χ1n) is 9.04. The molecule has 3 heterocycles. The van der Waals surface area contributed by atoms with Crippen LogP contribution in [-0.2, 0) is 11.3 Å². The van der Waals surface area contributed by atoms with E-state index in [0.29, 0.717) is 25.4 Å². The molecule has 1 fully saturated rings. The lowest BCUT2D eigenvalue weighted by molar-refractivity contribution is -0.141. The fourth-order valence-electron chi connectivity index (χ4n) is 3.42. The predicted octanol–water partition coefficient (Wildman–Crippen LogP) is 2.15. The molecule has 26 heavy (non-hydrogen) atoms. The summed E-state index contributed by atoms with van der Waals surface area (Å²) in [4.78, 5) is 22.8. The van der Waals surface area contributed by atoms with Crippen LogP contribution in [0.4, 0.5) is 0 Å². The third-order valence-corrected chi connectivity index (χ3v) is 5.55. The van der Waals surface area contributed by atoms with Crippen molar-refractivity contribution in [1.29, 1.82) is 0 Å². The number of imidazole rings is 1. The molecule has 1 amide bonds. The topological polar surface area (TPSA) is 71.2 Å². The molecule has 0 radical (unpaired) electrons. The second-order valence-electron chi connectivity index (χ2n) is 6.67. The minimum atomic E-state index is -0.868. The molecular formula is C19H26N4O2S. The van der Waals surface area contributed by atoms with E-state index in [2.05, 4.69) is 14.5 Å². The molecule has 1 N–H and O–H groups in total. The van der Waals surface area contributed by atoms with E-state index < -0.39 is 6.10 Å². The number of pyridine rings is 1. The van der Waals surface area contributed by atoms with E-state index in [1.54, 1.807) is 29.1 Å². The van der Waals surface area contributed by atoms with Crippen LogP contribution < -0.4 is 0 Å². The summed E-state index contributed by atoms with van der Waals surface area (Å²) < 4.78 is 2.19. The molecule has 140 valence electrons. The SMILES string of the molecule is CSCC[C@H](O)C(=O)N1CCC(c2nccn2Cc2ccncc2)CC1. The number of likely N-dealkylation sites (tertiary alicyclic amines) is 1. The highest BCUT2D eigenvalue weighted by molar-refractivity contribution is 7.98. The van der Waals surface area contributed by atoms with Crippen molar-refractivity contribution in [2.45, 2.75) is 37.8 Å². The van der Waals surface area contributed by atoms with Crippen LogP contribution >= 0.6 is 11.8 Å². The zero-order valence-electron chi connectivity index (χ0n) is 15.1. The fourth-order valence-corrected chi connectivity index (χ4v) is 3.88. The summed E-state index contributed by atoms with van der Waals surface area (Å²) in [6.07, 6.45) is 10.9. The monoisotopic (exact) mass is 374 g/mol. The van der Waals surface area contributed by atoms with Crippen molar-refractivity contribution in [3.63, 3.8) is 0 Å². The van der Waals surface area contributed by atoms with Gasteiger partial charge in [0.15, 0.2) is 0 Å². The van der Waals surface area contributed by atoms with E-state index in [-0.39, 0.29) is 5.91 Å².